The second kappa shape index (κ2) is 10.4. The maximum atomic E-state index is 13.4. The van der Waals surface area contributed by atoms with E-state index in [-0.39, 0.29) is 0 Å². The van der Waals surface area contributed by atoms with Crippen LogP contribution in [0.5, 0.6) is 11.5 Å². The Balaban J connectivity index is 1.84. The van der Waals surface area contributed by atoms with Gasteiger partial charge in [-0.15, -0.1) is 0 Å². The maximum absolute atomic E-state index is 13.4. The highest BCUT2D eigenvalue weighted by molar-refractivity contribution is 7.92. The first-order valence-electron chi connectivity index (χ1n) is 11.9. The maximum Gasteiger partial charge on any atom is 0.185 e. The Kier molecular flexibility index (Phi) is 7.39. The van der Waals surface area contributed by atoms with Crippen molar-refractivity contribution in [3.05, 3.63) is 71.8 Å². The average molecular weight is 465 g/mol. The third-order valence-corrected chi connectivity index (χ3v) is 8.15. The molecule has 1 atom stereocenters. The van der Waals surface area contributed by atoms with E-state index in [2.05, 4.69) is 19.9 Å². The van der Waals surface area contributed by atoms with Crippen molar-refractivity contribution in [1.29, 1.82) is 0 Å². The Morgan fingerprint density at radius 2 is 1.39 bits per heavy atom. The quantitative estimate of drug-likeness (QED) is 0.317. The molecule has 0 heterocycles. The van der Waals surface area contributed by atoms with Crippen molar-refractivity contribution in [1.82, 2.24) is 0 Å². The first-order valence-corrected chi connectivity index (χ1v) is 13.4. The fourth-order valence-corrected chi connectivity index (χ4v) is 5.81. The molecule has 174 valence electrons. The first-order chi connectivity index (χ1) is 16.1. The third kappa shape index (κ3) is 4.79. The number of hydrogen-bond donors (Lipinski definition) is 0. The van der Waals surface area contributed by atoms with Crippen LogP contribution < -0.4 is 9.47 Å². The number of ether oxygens (including phenoxy) is 2. The molecular weight excluding hydrogens is 432 g/mol. The van der Waals surface area contributed by atoms with E-state index < -0.39 is 15.1 Å². The highest BCUT2D eigenvalue weighted by atomic mass is 32.2. The summed E-state index contributed by atoms with van der Waals surface area (Å²) in [7, 11) is -3.52. The Morgan fingerprint density at radius 1 is 0.818 bits per heavy atom. The van der Waals surface area contributed by atoms with Gasteiger partial charge in [0.2, 0.25) is 0 Å². The topological polar surface area (TPSA) is 52.6 Å². The fourth-order valence-electron chi connectivity index (χ4n) is 4.25. The van der Waals surface area contributed by atoms with Crippen molar-refractivity contribution in [2.75, 3.05) is 13.2 Å². The van der Waals surface area contributed by atoms with E-state index in [0.717, 1.165) is 59.1 Å². The van der Waals surface area contributed by atoms with Crippen LogP contribution in [0.15, 0.2) is 65.6 Å². The van der Waals surface area contributed by atoms with Gasteiger partial charge in [0.25, 0.3) is 0 Å². The zero-order chi connectivity index (χ0) is 23.3. The monoisotopic (exact) mass is 464 g/mol. The molecule has 4 rings (SSSR count). The summed E-state index contributed by atoms with van der Waals surface area (Å²) in [6.07, 6.45) is 8.08. The predicted octanol–water partition coefficient (Wildman–Crippen LogP) is 6.61. The van der Waals surface area contributed by atoms with Crippen LogP contribution >= 0.6 is 0 Å². The Bertz CT molecular complexity index is 1230. The molecule has 3 aromatic rings. The minimum atomic E-state index is -3.52. The number of fused-ring (bicyclic) bond motifs is 2. The normalized spacial score (nSPS) is 15.4. The van der Waals surface area contributed by atoms with E-state index in [1.807, 2.05) is 36.4 Å². The number of rotatable bonds is 10. The van der Waals surface area contributed by atoms with Crippen LogP contribution in [0.3, 0.4) is 0 Å². The zero-order valence-corrected chi connectivity index (χ0v) is 20.2. The largest absolute Gasteiger partial charge is 0.493 e. The van der Waals surface area contributed by atoms with Gasteiger partial charge in [-0.05, 0) is 31.4 Å². The number of unbranched alkanes of at least 4 members (excludes halogenated alkanes) is 2. The van der Waals surface area contributed by atoms with Gasteiger partial charge >= 0.3 is 0 Å². The Labute approximate surface area is 197 Å². The summed E-state index contributed by atoms with van der Waals surface area (Å²) in [5.74, 6) is 1.61. The molecule has 0 saturated heterocycles. The van der Waals surface area contributed by atoms with Gasteiger partial charge in [0.1, 0.15) is 11.5 Å². The van der Waals surface area contributed by atoms with Crippen LogP contribution in [0.1, 0.15) is 50.7 Å². The van der Waals surface area contributed by atoms with Gasteiger partial charge in [0.15, 0.2) is 9.84 Å². The van der Waals surface area contributed by atoms with Crippen molar-refractivity contribution >= 4 is 26.7 Å². The van der Waals surface area contributed by atoms with Crippen LogP contribution in [0.2, 0.25) is 0 Å². The SMILES string of the molecule is CCCCOc1c2c(c(OCCCC)c3ccccc13)CC(S(=O)(=O)c1ccccc1)C=C2. The second-order valence-corrected chi connectivity index (χ2v) is 10.6. The van der Waals surface area contributed by atoms with Crippen LogP contribution in [0.4, 0.5) is 0 Å². The minimum Gasteiger partial charge on any atom is -0.493 e. The predicted molar refractivity (Wildman–Crippen MR) is 135 cm³/mol. The van der Waals surface area contributed by atoms with Gasteiger partial charge in [-0.25, -0.2) is 8.42 Å². The van der Waals surface area contributed by atoms with E-state index in [1.165, 1.54) is 0 Å². The van der Waals surface area contributed by atoms with Gasteiger partial charge in [-0.2, -0.15) is 0 Å². The van der Waals surface area contributed by atoms with Gasteiger partial charge in [-0.1, -0.05) is 81.3 Å². The van der Waals surface area contributed by atoms with E-state index >= 15 is 0 Å². The van der Waals surface area contributed by atoms with Crippen LogP contribution in [-0.4, -0.2) is 26.9 Å². The lowest BCUT2D eigenvalue weighted by Gasteiger charge is -2.26. The molecule has 5 heteroatoms. The zero-order valence-electron chi connectivity index (χ0n) is 19.4. The lowest BCUT2D eigenvalue weighted by molar-refractivity contribution is 0.303. The van der Waals surface area contributed by atoms with E-state index in [0.29, 0.717) is 24.5 Å². The summed E-state index contributed by atoms with van der Waals surface area (Å²) in [6, 6.07) is 16.8. The van der Waals surface area contributed by atoms with Crippen molar-refractivity contribution in [2.45, 2.75) is 56.1 Å². The van der Waals surface area contributed by atoms with Crippen molar-refractivity contribution in [2.24, 2.45) is 0 Å². The summed E-state index contributed by atoms with van der Waals surface area (Å²) in [6.45, 7) is 5.50. The average Bonchev–Trinajstić information content (AvgIpc) is 2.85. The molecule has 3 aromatic carbocycles. The lowest BCUT2D eigenvalue weighted by atomic mass is 9.91. The fraction of sp³-hybridized carbons (Fsp3) is 0.357. The standard InChI is InChI=1S/C28H32O4S/c1-3-5-18-31-27-23-14-10-11-15-24(23)28(32-19-6-4-2)26-20-22(16-17-25(26)27)33(29,30)21-12-8-7-9-13-21/h7-17,22H,3-6,18-20H2,1-2H3. The van der Waals surface area contributed by atoms with Crippen LogP contribution in [-0.2, 0) is 16.3 Å². The molecule has 0 radical (unpaired) electrons. The molecular formula is C28H32O4S. The molecule has 1 aliphatic rings. The molecule has 4 nitrogen and oxygen atoms in total. The van der Waals surface area contributed by atoms with E-state index in [9.17, 15) is 8.42 Å². The number of benzene rings is 3. The summed E-state index contributed by atoms with van der Waals surface area (Å²) in [4.78, 5) is 0.344. The Hall–Kier alpha value is -2.79. The molecule has 0 fully saturated rings. The molecule has 33 heavy (non-hydrogen) atoms. The summed E-state index contributed by atoms with van der Waals surface area (Å²) >= 11 is 0. The second-order valence-electron chi connectivity index (χ2n) is 8.46. The summed E-state index contributed by atoms with van der Waals surface area (Å²) in [5, 5.41) is 1.34. The molecule has 0 spiro atoms. The summed E-state index contributed by atoms with van der Waals surface area (Å²) in [5.41, 5.74) is 1.86. The molecule has 0 aromatic heterocycles. The molecule has 0 amide bonds. The van der Waals surface area contributed by atoms with Gasteiger partial charge in [0.05, 0.1) is 23.4 Å². The highest BCUT2D eigenvalue weighted by Crippen LogP contribution is 2.45. The Morgan fingerprint density at radius 3 is 2.03 bits per heavy atom. The van der Waals surface area contributed by atoms with Gasteiger partial charge < -0.3 is 9.47 Å². The minimum absolute atomic E-state index is 0.344. The molecule has 1 unspecified atom stereocenters. The third-order valence-electron chi connectivity index (χ3n) is 6.10. The smallest absolute Gasteiger partial charge is 0.185 e. The van der Waals surface area contributed by atoms with E-state index in [1.54, 1.807) is 24.3 Å². The highest BCUT2D eigenvalue weighted by Gasteiger charge is 2.32. The molecule has 0 aliphatic heterocycles. The van der Waals surface area contributed by atoms with Crippen LogP contribution in [0.25, 0.3) is 16.8 Å². The lowest BCUT2D eigenvalue weighted by Crippen LogP contribution is -2.25. The van der Waals surface area contributed by atoms with Crippen molar-refractivity contribution < 1.29 is 17.9 Å². The number of hydrogen-bond acceptors (Lipinski definition) is 4. The van der Waals surface area contributed by atoms with Gasteiger partial charge in [-0.3, -0.25) is 0 Å². The van der Waals surface area contributed by atoms with Crippen molar-refractivity contribution in [3.63, 3.8) is 0 Å². The molecule has 0 N–H and O–H groups in total. The molecule has 0 bridgehead atoms. The molecule has 0 saturated carbocycles. The molecule has 1 aliphatic carbocycles. The van der Waals surface area contributed by atoms with E-state index in [4.69, 9.17) is 9.47 Å². The number of sulfone groups is 1. The van der Waals surface area contributed by atoms with Crippen LogP contribution in [0, 0.1) is 0 Å². The summed E-state index contributed by atoms with van der Waals surface area (Å²) < 4.78 is 39.4. The van der Waals surface area contributed by atoms with Gasteiger partial charge in [0, 0.05) is 21.9 Å². The van der Waals surface area contributed by atoms with Crippen molar-refractivity contribution in [3.8, 4) is 11.5 Å². The first kappa shape index (κ1) is 23.4.